The average molecular weight is 298 g/mol. The van der Waals surface area contributed by atoms with E-state index in [-0.39, 0.29) is 5.78 Å². The van der Waals surface area contributed by atoms with Crippen molar-refractivity contribution in [2.24, 2.45) is 0 Å². The lowest BCUT2D eigenvalue weighted by molar-refractivity contribution is 0.0456. The molecule has 0 fully saturated rings. The number of carbonyl (C=O) groups excluding carboxylic acids is 1. The summed E-state index contributed by atoms with van der Waals surface area (Å²) < 4.78 is 5.88. The largest absolute Gasteiger partial charge is 0.488 e. The molecule has 0 saturated heterocycles. The predicted octanol–water partition coefficient (Wildman–Crippen LogP) is 3.85. The zero-order valence-electron chi connectivity index (χ0n) is 13.2. The molecule has 2 aromatic carbocycles. The first-order chi connectivity index (χ1) is 10.4. The second-order valence-corrected chi connectivity index (χ2v) is 6.13. The van der Waals surface area contributed by atoms with Crippen LogP contribution in [-0.4, -0.2) is 22.6 Å². The van der Waals surface area contributed by atoms with E-state index >= 15 is 0 Å². The van der Waals surface area contributed by atoms with Crippen LogP contribution in [0, 0.1) is 0 Å². The fraction of sp³-hybridized carbons (Fsp3) is 0.316. The number of hydrogen-bond acceptors (Lipinski definition) is 3. The quantitative estimate of drug-likeness (QED) is 0.824. The summed E-state index contributed by atoms with van der Waals surface area (Å²) in [5.74, 6) is 0.686. The fourth-order valence-electron chi connectivity index (χ4n) is 2.50. The van der Waals surface area contributed by atoms with Crippen LogP contribution in [-0.2, 0) is 0 Å². The van der Waals surface area contributed by atoms with E-state index in [0.717, 1.165) is 0 Å². The minimum atomic E-state index is -0.459. The molecule has 0 aliphatic heterocycles. The Morgan fingerprint density at radius 1 is 1.05 bits per heavy atom. The third-order valence-electron chi connectivity index (χ3n) is 3.33. The molecule has 0 bridgehead atoms. The van der Waals surface area contributed by atoms with Gasteiger partial charge in [0.05, 0.1) is 6.10 Å². The third kappa shape index (κ3) is 4.43. The van der Waals surface area contributed by atoms with E-state index in [1.165, 1.54) is 0 Å². The molecule has 0 aliphatic rings. The molecular formula is C19H22O3. The standard InChI is InChI=1S/C19H22O3/c1-14(20)13-19(2,3)22-17-11-9-16(10-12-17)18(21)15-7-5-4-6-8-15/h4-12,14,20H,13H2,1-3H3. The highest BCUT2D eigenvalue weighted by atomic mass is 16.5. The van der Waals surface area contributed by atoms with Crippen LogP contribution >= 0.6 is 0 Å². The van der Waals surface area contributed by atoms with E-state index in [4.69, 9.17) is 4.74 Å². The summed E-state index contributed by atoms with van der Waals surface area (Å²) in [5.41, 5.74) is 0.844. The molecule has 0 heterocycles. The first kappa shape index (κ1) is 16.2. The second kappa shape index (κ2) is 6.75. The van der Waals surface area contributed by atoms with Crippen LogP contribution in [0.5, 0.6) is 5.75 Å². The molecule has 3 nitrogen and oxygen atoms in total. The Balaban J connectivity index is 2.09. The van der Waals surface area contributed by atoms with Crippen molar-refractivity contribution in [1.29, 1.82) is 0 Å². The highest BCUT2D eigenvalue weighted by molar-refractivity contribution is 6.08. The van der Waals surface area contributed by atoms with Crippen LogP contribution in [0.4, 0.5) is 0 Å². The highest BCUT2D eigenvalue weighted by Gasteiger charge is 2.22. The van der Waals surface area contributed by atoms with Crippen LogP contribution in [0.3, 0.4) is 0 Å². The molecule has 0 spiro atoms. The minimum absolute atomic E-state index is 0.00427. The first-order valence-electron chi connectivity index (χ1n) is 7.44. The summed E-state index contributed by atoms with van der Waals surface area (Å²) >= 11 is 0. The van der Waals surface area contributed by atoms with Gasteiger partial charge < -0.3 is 9.84 Å². The minimum Gasteiger partial charge on any atom is -0.488 e. The first-order valence-corrected chi connectivity index (χ1v) is 7.44. The molecule has 0 amide bonds. The van der Waals surface area contributed by atoms with Crippen molar-refractivity contribution in [1.82, 2.24) is 0 Å². The average Bonchev–Trinajstić information content (AvgIpc) is 2.46. The van der Waals surface area contributed by atoms with Gasteiger partial charge in [-0.15, -0.1) is 0 Å². The van der Waals surface area contributed by atoms with Gasteiger partial charge in [-0.1, -0.05) is 30.3 Å². The van der Waals surface area contributed by atoms with Gasteiger partial charge in [-0.05, 0) is 45.0 Å². The van der Waals surface area contributed by atoms with Gasteiger partial charge >= 0.3 is 0 Å². The normalized spacial score (nSPS) is 12.7. The molecule has 0 radical (unpaired) electrons. The van der Waals surface area contributed by atoms with E-state index in [0.29, 0.717) is 23.3 Å². The van der Waals surface area contributed by atoms with Crippen LogP contribution in [0.15, 0.2) is 54.6 Å². The molecular weight excluding hydrogens is 276 g/mol. The molecule has 0 aromatic heterocycles. The van der Waals surface area contributed by atoms with Gasteiger partial charge in [0.1, 0.15) is 11.4 Å². The number of hydrogen-bond donors (Lipinski definition) is 1. The molecule has 2 aromatic rings. The van der Waals surface area contributed by atoms with Crippen molar-refractivity contribution in [3.05, 3.63) is 65.7 Å². The highest BCUT2D eigenvalue weighted by Crippen LogP contribution is 2.23. The number of ketones is 1. The third-order valence-corrected chi connectivity index (χ3v) is 3.33. The number of ether oxygens (including phenoxy) is 1. The van der Waals surface area contributed by atoms with Gasteiger partial charge in [-0.25, -0.2) is 0 Å². The summed E-state index contributed by atoms with van der Waals surface area (Å²) in [6, 6.07) is 16.3. The van der Waals surface area contributed by atoms with Crippen LogP contribution in [0.25, 0.3) is 0 Å². The second-order valence-electron chi connectivity index (χ2n) is 6.13. The van der Waals surface area contributed by atoms with Crippen LogP contribution in [0.1, 0.15) is 43.1 Å². The van der Waals surface area contributed by atoms with Crippen molar-refractivity contribution >= 4 is 5.78 Å². The monoisotopic (exact) mass is 298 g/mol. The van der Waals surface area contributed by atoms with Crippen molar-refractivity contribution in [2.75, 3.05) is 0 Å². The molecule has 1 N–H and O–H groups in total. The Morgan fingerprint density at radius 3 is 2.14 bits per heavy atom. The Bertz CT molecular complexity index is 613. The number of aliphatic hydroxyl groups excluding tert-OH is 1. The van der Waals surface area contributed by atoms with Gasteiger partial charge in [0, 0.05) is 17.5 Å². The van der Waals surface area contributed by atoms with E-state index in [1.54, 1.807) is 43.3 Å². The maximum absolute atomic E-state index is 12.3. The van der Waals surface area contributed by atoms with Crippen molar-refractivity contribution < 1.29 is 14.6 Å². The molecule has 116 valence electrons. The molecule has 22 heavy (non-hydrogen) atoms. The SMILES string of the molecule is CC(O)CC(C)(C)Oc1ccc(C(=O)c2ccccc2)cc1. The van der Waals surface area contributed by atoms with Crippen LogP contribution < -0.4 is 4.74 Å². The fourth-order valence-corrected chi connectivity index (χ4v) is 2.50. The topological polar surface area (TPSA) is 46.5 Å². The van der Waals surface area contributed by atoms with Crippen molar-refractivity contribution in [3.63, 3.8) is 0 Å². The molecule has 0 aliphatic carbocycles. The van der Waals surface area contributed by atoms with Crippen LogP contribution in [0.2, 0.25) is 0 Å². The number of benzene rings is 2. The Morgan fingerprint density at radius 2 is 1.59 bits per heavy atom. The summed E-state index contributed by atoms with van der Waals surface area (Å²) in [7, 11) is 0. The van der Waals surface area contributed by atoms with Gasteiger partial charge in [-0.2, -0.15) is 0 Å². The summed E-state index contributed by atoms with van der Waals surface area (Å²) in [6.07, 6.45) is 0.117. The predicted molar refractivity (Wildman–Crippen MR) is 87.3 cm³/mol. The van der Waals surface area contributed by atoms with Gasteiger partial charge in [0.25, 0.3) is 0 Å². The van der Waals surface area contributed by atoms with Gasteiger partial charge in [0.2, 0.25) is 0 Å². The summed E-state index contributed by atoms with van der Waals surface area (Å²) in [4.78, 5) is 12.3. The lowest BCUT2D eigenvalue weighted by atomic mass is 10.0. The molecule has 0 saturated carbocycles. The zero-order chi connectivity index (χ0) is 16.2. The number of rotatable bonds is 6. The van der Waals surface area contributed by atoms with E-state index in [9.17, 15) is 9.90 Å². The Labute approximate surface area is 131 Å². The molecule has 1 unspecified atom stereocenters. The lowest BCUT2D eigenvalue weighted by Gasteiger charge is -2.27. The molecule has 3 heteroatoms. The maximum Gasteiger partial charge on any atom is 0.193 e. The Hall–Kier alpha value is -2.13. The number of aliphatic hydroxyl groups is 1. The lowest BCUT2D eigenvalue weighted by Crippen LogP contribution is -2.32. The zero-order valence-corrected chi connectivity index (χ0v) is 13.2. The Kier molecular flexibility index (Phi) is 4.99. The summed E-state index contributed by atoms with van der Waals surface area (Å²) in [6.45, 7) is 5.61. The molecule has 1 atom stereocenters. The van der Waals surface area contributed by atoms with E-state index in [1.807, 2.05) is 32.0 Å². The van der Waals surface area contributed by atoms with E-state index < -0.39 is 11.7 Å². The number of carbonyl (C=O) groups is 1. The van der Waals surface area contributed by atoms with Crippen molar-refractivity contribution in [3.8, 4) is 5.75 Å². The smallest absolute Gasteiger partial charge is 0.193 e. The van der Waals surface area contributed by atoms with E-state index in [2.05, 4.69) is 0 Å². The summed E-state index contributed by atoms with van der Waals surface area (Å²) in [5, 5.41) is 9.48. The van der Waals surface area contributed by atoms with Crippen molar-refractivity contribution in [2.45, 2.75) is 38.9 Å². The maximum atomic E-state index is 12.3. The molecule has 2 rings (SSSR count). The van der Waals surface area contributed by atoms with Gasteiger partial charge in [-0.3, -0.25) is 4.79 Å². The van der Waals surface area contributed by atoms with Gasteiger partial charge in [0.15, 0.2) is 5.78 Å².